The van der Waals surface area contributed by atoms with Gasteiger partial charge in [-0.15, -0.1) is 0 Å². The average Bonchev–Trinajstić information content (AvgIpc) is 3.42. The first-order valence-corrected chi connectivity index (χ1v) is 13.5. The van der Waals surface area contributed by atoms with E-state index in [9.17, 15) is 0 Å². The Labute approximate surface area is 225 Å². The minimum Gasteiger partial charge on any atom is -0.359 e. The molecule has 0 radical (unpaired) electrons. The highest BCUT2D eigenvalue weighted by Gasteiger charge is 2.53. The van der Waals surface area contributed by atoms with Gasteiger partial charge in [0.1, 0.15) is 17.8 Å². The Morgan fingerprint density at radius 2 is 1.18 bits per heavy atom. The van der Waals surface area contributed by atoms with Crippen LogP contribution in [0.25, 0.3) is 0 Å². The number of hydrogen-bond donors (Lipinski definition) is 0. The molecular formula is C34H35NO3. The van der Waals surface area contributed by atoms with Crippen molar-refractivity contribution in [2.24, 2.45) is 0 Å². The fourth-order valence-electron chi connectivity index (χ4n) is 6.08. The molecule has 2 fully saturated rings. The van der Waals surface area contributed by atoms with Crippen LogP contribution in [0.3, 0.4) is 0 Å². The maximum atomic E-state index is 7.24. The summed E-state index contributed by atoms with van der Waals surface area (Å²) in [5.74, 6) is -0.595. The Balaban J connectivity index is 1.40. The minimum absolute atomic E-state index is 0.0156. The smallest absolute Gasteiger partial charge is 0.163 e. The number of likely N-dealkylation sites (tertiary alicyclic amines) is 1. The number of hydrogen-bond acceptors (Lipinski definition) is 4. The Bertz CT molecular complexity index is 1210. The molecule has 0 N–H and O–H groups in total. The molecule has 4 aromatic rings. The lowest BCUT2D eigenvalue weighted by molar-refractivity contribution is -0.167. The molecule has 0 unspecified atom stereocenters. The van der Waals surface area contributed by atoms with Gasteiger partial charge in [0.05, 0.1) is 12.6 Å². The Hall–Kier alpha value is -3.28. The molecule has 4 nitrogen and oxygen atoms in total. The van der Waals surface area contributed by atoms with Gasteiger partial charge in [0.15, 0.2) is 5.79 Å². The van der Waals surface area contributed by atoms with E-state index < -0.39 is 11.4 Å². The van der Waals surface area contributed by atoms with Crippen molar-refractivity contribution in [1.82, 2.24) is 4.90 Å². The van der Waals surface area contributed by atoms with E-state index in [0.717, 1.165) is 29.8 Å². The van der Waals surface area contributed by atoms with Crippen molar-refractivity contribution in [3.63, 3.8) is 0 Å². The van der Waals surface area contributed by atoms with E-state index in [-0.39, 0.29) is 18.2 Å². The minimum atomic E-state index is -0.769. The first kappa shape index (κ1) is 25.0. The molecule has 2 aliphatic rings. The largest absolute Gasteiger partial charge is 0.359 e. The van der Waals surface area contributed by atoms with Crippen LogP contribution in [0.1, 0.15) is 36.1 Å². The summed E-state index contributed by atoms with van der Waals surface area (Å²) in [5, 5.41) is 0. The predicted octanol–water partition coefficient (Wildman–Crippen LogP) is 6.40. The molecule has 6 rings (SSSR count). The molecular weight excluding hydrogens is 470 g/mol. The van der Waals surface area contributed by atoms with Gasteiger partial charge in [-0.25, -0.2) is 0 Å². The van der Waals surface area contributed by atoms with Crippen LogP contribution >= 0.6 is 0 Å². The molecule has 194 valence electrons. The number of nitrogens with zero attached hydrogens (tertiary/aromatic N) is 1. The van der Waals surface area contributed by atoms with Gasteiger partial charge in [0, 0.05) is 13.1 Å². The summed E-state index contributed by atoms with van der Waals surface area (Å²) in [6.07, 6.45) is -0.0457. The Kier molecular flexibility index (Phi) is 6.89. The van der Waals surface area contributed by atoms with Gasteiger partial charge in [0.2, 0.25) is 0 Å². The predicted molar refractivity (Wildman–Crippen MR) is 150 cm³/mol. The van der Waals surface area contributed by atoms with Crippen LogP contribution in [0.5, 0.6) is 0 Å². The summed E-state index contributed by atoms with van der Waals surface area (Å²) >= 11 is 0. The third kappa shape index (κ3) is 4.81. The molecule has 0 amide bonds. The van der Waals surface area contributed by atoms with Gasteiger partial charge >= 0.3 is 0 Å². The highest BCUT2D eigenvalue weighted by molar-refractivity contribution is 5.47. The van der Waals surface area contributed by atoms with E-state index in [1.165, 1.54) is 5.56 Å². The Morgan fingerprint density at radius 1 is 0.711 bits per heavy atom. The number of rotatable bonds is 8. The van der Waals surface area contributed by atoms with Crippen LogP contribution < -0.4 is 0 Å². The first-order valence-electron chi connectivity index (χ1n) is 13.5. The van der Waals surface area contributed by atoms with Crippen molar-refractivity contribution in [1.29, 1.82) is 0 Å². The average molecular weight is 506 g/mol. The topological polar surface area (TPSA) is 30.9 Å². The lowest BCUT2D eigenvalue weighted by atomic mass is 9.80. The van der Waals surface area contributed by atoms with Crippen LogP contribution in [0, 0.1) is 0 Å². The van der Waals surface area contributed by atoms with Gasteiger partial charge in [0.25, 0.3) is 0 Å². The van der Waals surface area contributed by atoms with E-state index in [4.69, 9.17) is 14.2 Å². The summed E-state index contributed by atoms with van der Waals surface area (Å²) in [6, 6.07) is 42.3. The van der Waals surface area contributed by atoms with E-state index in [0.29, 0.717) is 6.61 Å². The molecule has 2 aliphatic heterocycles. The van der Waals surface area contributed by atoms with E-state index in [1.807, 2.05) is 13.8 Å². The van der Waals surface area contributed by atoms with E-state index in [2.05, 4.69) is 126 Å². The second kappa shape index (κ2) is 10.5. The molecule has 4 heteroatoms. The van der Waals surface area contributed by atoms with Gasteiger partial charge in [-0.3, -0.25) is 4.90 Å². The van der Waals surface area contributed by atoms with Gasteiger partial charge in [-0.1, -0.05) is 121 Å². The van der Waals surface area contributed by atoms with Crippen molar-refractivity contribution in [2.45, 2.75) is 50.0 Å². The zero-order valence-electron chi connectivity index (χ0n) is 22.1. The van der Waals surface area contributed by atoms with Crippen LogP contribution in [0.2, 0.25) is 0 Å². The van der Waals surface area contributed by atoms with Crippen LogP contribution in [0.4, 0.5) is 0 Å². The maximum Gasteiger partial charge on any atom is 0.163 e. The quantitative estimate of drug-likeness (QED) is 0.259. The van der Waals surface area contributed by atoms with Crippen LogP contribution in [0.15, 0.2) is 121 Å². The third-order valence-corrected chi connectivity index (χ3v) is 7.72. The molecule has 2 saturated heterocycles. The summed E-state index contributed by atoms with van der Waals surface area (Å²) in [5.41, 5.74) is 3.81. The van der Waals surface area contributed by atoms with Gasteiger partial charge < -0.3 is 14.2 Å². The first-order chi connectivity index (χ1) is 18.6. The standard InChI is InChI=1S/C34H35NO3/c1-33(2)37-31-24-35(23-26-15-7-3-8-16-26)30(32(31)38-33)25-36-34(27-17-9-4-10-18-27,28-19-11-5-12-20-28)29-21-13-6-14-22-29/h3-22,30-32H,23-25H2,1-2H3/t30-,31-,32+/m0/s1. The van der Waals surface area contributed by atoms with Crippen LogP contribution in [-0.2, 0) is 26.4 Å². The summed E-state index contributed by atoms with van der Waals surface area (Å²) in [7, 11) is 0. The molecule has 0 aromatic heterocycles. The molecule has 0 spiro atoms. The van der Waals surface area contributed by atoms with Crippen molar-refractivity contribution in [3.05, 3.63) is 144 Å². The molecule has 0 bridgehead atoms. The van der Waals surface area contributed by atoms with Crippen molar-refractivity contribution < 1.29 is 14.2 Å². The number of fused-ring (bicyclic) bond motifs is 1. The molecule has 38 heavy (non-hydrogen) atoms. The lowest BCUT2D eigenvalue weighted by Crippen LogP contribution is -2.44. The normalized spacial score (nSPS) is 22.8. The van der Waals surface area contributed by atoms with Gasteiger partial charge in [-0.05, 0) is 36.1 Å². The lowest BCUT2D eigenvalue weighted by Gasteiger charge is -2.38. The zero-order chi connectivity index (χ0) is 26.0. The second-order valence-electron chi connectivity index (χ2n) is 10.7. The SMILES string of the molecule is CC1(C)O[C@H]2[C@H](CN(Cc3ccccc3)[C@H]2COC(c2ccccc2)(c2ccccc2)c2ccccc2)O1. The van der Waals surface area contributed by atoms with Crippen molar-refractivity contribution in [3.8, 4) is 0 Å². The van der Waals surface area contributed by atoms with Crippen molar-refractivity contribution >= 4 is 0 Å². The van der Waals surface area contributed by atoms with Crippen LogP contribution in [-0.4, -0.2) is 42.1 Å². The summed E-state index contributed by atoms with van der Waals surface area (Å²) in [6.45, 7) is 6.14. The fourth-order valence-corrected chi connectivity index (χ4v) is 6.08. The number of benzene rings is 4. The zero-order valence-corrected chi connectivity index (χ0v) is 22.1. The fraction of sp³-hybridized carbons (Fsp3) is 0.294. The summed E-state index contributed by atoms with van der Waals surface area (Å²) in [4.78, 5) is 2.46. The van der Waals surface area contributed by atoms with Gasteiger partial charge in [-0.2, -0.15) is 0 Å². The molecule has 4 aromatic carbocycles. The highest BCUT2D eigenvalue weighted by atomic mass is 16.8. The monoisotopic (exact) mass is 505 g/mol. The maximum absolute atomic E-state index is 7.24. The number of ether oxygens (including phenoxy) is 3. The third-order valence-electron chi connectivity index (χ3n) is 7.72. The Morgan fingerprint density at radius 3 is 1.68 bits per heavy atom. The van der Waals surface area contributed by atoms with Crippen molar-refractivity contribution in [2.75, 3.05) is 13.2 Å². The van der Waals surface area contributed by atoms with E-state index >= 15 is 0 Å². The van der Waals surface area contributed by atoms with E-state index in [1.54, 1.807) is 0 Å². The molecule has 0 aliphatic carbocycles. The molecule has 2 heterocycles. The molecule has 0 saturated carbocycles. The second-order valence-corrected chi connectivity index (χ2v) is 10.7. The summed E-state index contributed by atoms with van der Waals surface area (Å²) < 4.78 is 20.1. The highest BCUT2D eigenvalue weighted by Crippen LogP contribution is 2.43. The molecule has 3 atom stereocenters.